The van der Waals surface area contributed by atoms with Crippen molar-refractivity contribution in [2.75, 3.05) is 5.43 Å². The van der Waals surface area contributed by atoms with Gasteiger partial charge < -0.3 is 0 Å². The summed E-state index contributed by atoms with van der Waals surface area (Å²) in [6.07, 6.45) is 3.44. The van der Waals surface area contributed by atoms with Crippen LogP contribution in [0.15, 0.2) is 73.2 Å². The number of hydrogen-bond acceptors (Lipinski definition) is 5. The highest BCUT2D eigenvalue weighted by Crippen LogP contribution is 2.18. The second kappa shape index (κ2) is 7.65. The van der Waals surface area contributed by atoms with Gasteiger partial charge in [-0.25, -0.2) is 14.6 Å². The van der Waals surface area contributed by atoms with Gasteiger partial charge in [0, 0.05) is 0 Å². The molecule has 0 saturated heterocycles. The Labute approximate surface area is 156 Å². The second-order valence-corrected chi connectivity index (χ2v) is 6.08. The van der Waals surface area contributed by atoms with Crippen LogP contribution < -0.4 is 10.9 Å². The van der Waals surface area contributed by atoms with Crippen molar-refractivity contribution in [3.05, 3.63) is 84.3 Å². The summed E-state index contributed by atoms with van der Waals surface area (Å²) in [6.45, 7) is 0.612. The van der Waals surface area contributed by atoms with E-state index in [1.165, 1.54) is 6.33 Å². The van der Waals surface area contributed by atoms with Gasteiger partial charge in [0.1, 0.15) is 6.33 Å². The first-order chi connectivity index (χ1) is 13.3. The Hall–Kier alpha value is -3.74. The van der Waals surface area contributed by atoms with Crippen LogP contribution in [0.2, 0.25) is 0 Å². The van der Waals surface area contributed by atoms with Crippen LogP contribution in [0.4, 0.5) is 5.82 Å². The minimum absolute atomic E-state index is 0.148. The van der Waals surface area contributed by atoms with Crippen molar-refractivity contribution in [2.24, 2.45) is 0 Å². The third-order valence-electron chi connectivity index (χ3n) is 4.14. The number of hydrazine groups is 1. The monoisotopic (exact) mass is 358 g/mol. The maximum atomic E-state index is 12.1. The first kappa shape index (κ1) is 16.7. The maximum absolute atomic E-state index is 12.1. The lowest BCUT2D eigenvalue weighted by Gasteiger charge is -2.09. The molecule has 0 saturated carbocycles. The minimum atomic E-state index is -0.148. The highest BCUT2D eigenvalue weighted by molar-refractivity contribution is 5.87. The van der Waals surface area contributed by atoms with Crippen LogP contribution >= 0.6 is 0 Å². The average Bonchev–Trinajstić information content (AvgIpc) is 3.11. The van der Waals surface area contributed by atoms with Crippen molar-refractivity contribution in [3.63, 3.8) is 0 Å². The zero-order valence-corrected chi connectivity index (χ0v) is 14.5. The van der Waals surface area contributed by atoms with Crippen LogP contribution in [0.5, 0.6) is 0 Å². The van der Waals surface area contributed by atoms with Gasteiger partial charge in [-0.05, 0) is 11.1 Å². The summed E-state index contributed by atoms with van der Waals surface area (Å²) in [5.41, 5.74) is 8.34. The van der Waals surface area contributed by atoms with Gasteiger partial charge in [0.15, 0.2) is 11.5 Å². The third-order valence-corrected chi connectivity index (χ3v) is 4.14. The molecular weight excluding hydrogens is 340 g/mol. The van der Waals surface area contributed by atoms with Crippen molar-refractivity contribution in [1.82, 2.24) is 25.2 Å². The molecule has 0 atom stereocenters. The largest absolute Gasteiger partial charge is 0.281 e. The number of fused-ring (bicyclic) bond motifs is 1. The smallest absolute Gasteiger partial charge is 0.242 e. The molecule has 4 aromatic rings. The predicted molar refractivity (Wildman–Crippen MR) is 103 cm³/mol. The molecule has 0 bridgehead atoms. The molecule has 2 aromatic carbocycles. The molecule has 2 N–H and O–H groups in total. The summed E-state index contributed by atoms with van der Waals surface area (Å²) in [5, 5.41) is 5.15. The normalized spacial score (nSPS) is 10.7. The van der Waals surface area contributed by atoms with Gasteiger partial charge in [0.2, 0.25) is 5.91 Å². The lowest BCUT2D eigenvalue weighted by molar-refractivity contribution is -0.119. The zero-order valence-electron chi connectivity index (χ0n) is 14.5. The standard InChI is InChI=1S/C20H18N6O/c27-18(11-15-7-3-1-4-8-15)24-25-19-17-12-23-26(20(17)22-14-21-19)13-16-9-5-2-6-10-16/h1-10,12,14H,11,13H2,(H,24,27)(H,21,22,25). The molecule has 0 aliphatic rings. The first-order valence-electron chi connectivity index (χ1n) is 8.59. The van der Waals surface area contributed by atoms with Gasteiger partial charge >= 0.3 is 0 Å². The van der Waals surface area contributed by atoms with E-state index >= 15 is 0 Å². The van der Waals surface area contributed by atoms with Crippen LogP contribution in [0.25, 0.3) is 11.0 Å². The fourth-order valence-electron chi connectivity index (χ4n) is 2.82. The molecule has 0 fully saturated rings. The molecule has 27 heavy (non-hydrogen) atoms. The Balaban J connectivity index is 1.47. The average molecular weight is 358 g/mol. The van der Waals surface area contributed by atoms with Crippen LogP contribution in [-0.4, -0.2) is 25.7 Å². The second-order valence-electron chi connectivity index (χ2n) is 6.08. The van der Waals surface area contributed by atoms with Crippen LogP contribution in [-0.2, 0) is 17.8 Å². The van der Waals surface area contributed by atoms with E-state index in [2.05, 4.69) is 25.9 Å². The number of aromatic nitrogens is 4. The molecule has 2 heterocycles. The van der Waals surface area contributed by atoms with Crippen molar-refractivity contribution >= 4 is 22.8 Å². The van der Waals surface area contributed by atoms with E-state index in [0.717, 1.165) is 16.5 Å². The molecule has 0 radical (unpaired) electrons. The van der Waals surface area contributed by atoms with Crippen molar-refractivity contribution in [2.45, 2.75) is 13.0 Å². The molecule has 7 nitrogen and oxygen atoms in total. The lowest BCUT2D eigenvalue weighted by Crippen LogP contribution is -2.31. The number of nitrogens with zero attached hydrogens (tertiary/aromatic N) is 4. The Morgan fingerprint density at radius 2 is 1.63 bits per heavy atom. The number of hydrogen-bond donors (Lipinski definition) is 2. The van der Waals surface area contributed by atoms with E-state index in [9.17, 15) is 4.79 Å². The molecular formula is C20H18N6O. The van der Waals surface area contributed by atoms with Crippen molar-refractivity contribution in [3.8, 4) is 0 Å². The SMILES string of the molecule is O=C(Cc1ccccc1)NNc1ncnc2c1cnn2Cc1ccccc1. The minimum Gasteiger partial charge on any atom is -0.281 e. The number of amides is 1. The van der Waals surface area contributed by atoms with Gasteiger partial charge in [-0.3, -0.25) is 15.6 Å². The van der Waals surface area contributed by atoms with E-state index in [1.807, 2.05) is 65.3 Å². The molecule has 0 unspecified atom stereocenters. The van der Waals surface area contributed by atoms with Gasteiger partial charge in [0.05, 0.1) is 24.5 Å². The number of anilines is 1. The summed E-state index contributed by atoms with van der Waals surface area (Å²) in [4.78, 5) is 20.7. The van der Waals surface area contributed by atoms with Crippen LogP contribution in [0, 0.1) is 0 Å². The van der Waals surface area contributed by atoms with E-state index in [1.54, 1.807) is 6.20 Å². The van der Waals surface area contributed by atoms with Gasteiger partial charge in [-0.15, -0.1) is 0 Å². The molecule has 7 heteroatoms. The van der Waals surface area contributed by atoms with E-state index in [0.29, 0.717) is 18.0 Å². The zero-order chi connectivity index (χ0) is 18.5. The fraction of sp³-hybridized carbons (Fsp3) is 0.100. The van der Waals surface area contributed by atoms with Gasteiger partial charge in [-0.2, -0.15) is 5.10 Å². The predicted octanol–water partition coefficient (Wildman–Crippen LogP) is 2.56. The summed E-state index contributed by atoms with van der Waals surface area (Å²) in [6, 6.07) is 19.6. The number of carbonyl (C=O) groups excluding carboxylic acids is 1. The summed E-state index contributed by atoms with van der Waals surface area (Å²) < 4.78 is 1.81. The highest BCUT2D eigenvalue weighted by atomic mass is 16.2. The van der Waals surface area contributed by atoms with Crippen molar-refractivity contribution < 1.29 is 4.79 Å². The van der Waals surface area contributed by atoms with E-state index in [4.69, 9.17) is 0 Å². The molecule has 4 rings (SSSR count). The Morgan fingerprint density at radius 1 is 0.926 bits per heavy atom. The summed E-state index contributed by atoms with van der Waals surface area (Å²) in [5.74, 6) is 0.366. The third kappa shape index (κ3) is 3.92. The topological polar surface area (TPSA) is 84.7 Å². The molecule has 0 spiro atoms. The van der Waals surface area contributed by atoms with Gasteiger partial charge in [0.25, 0.3) is 0 Å². The quantitative estimate of drug-likeness (QED) is 0.518. The first-order valence-corrected chi connectivity index (χ1v) is 8.59. The molecule has 134 valence electrons. The lowest BCUT2D eigenvalue weighted by atomic mass is 10.1. The summed E-state index contributed by atoms with van der Waals surface area (Å²) in [7, 11) is 0. The Kier molecular flexibility index (Phi) is 4.74. The Bertz CT molecular complexity index is 1050. The molecule has 1 amide bonds. The number of benzene rings is 2. The Morgan fingerprint density at radius 3 is 2.37 bits per heavy atom. The highest BCUT2D eigenvalue weighted by Gasteiger charge is 2.11. The van der Waals surface area contributed by atoms with Gasteiger partial charge in [-0.1, -0.05) is 60.7 Å². The fourth-order valence-corrected chi connectivity index (χ4v) is 2.82. The van der Waals surface area contributed by atoms with E-state index in [-0.39, 0.29) is 12.3 Å². The molecule has 2 aromatic heterocycles. The number of carbonyl (C=O) groups is 1. The van der Waals surface area contributed by atoms with Crippen LogP contribution in [0.3, 0.4) is 0 Å². The molecule has 0 aliphatic heterocycles. The van der Waals surface area contributed by atoms with Crippen LogP contribution in [0.1, 0.15) is 11.1 Å². The van der Waals surface area contributed by atoms with E-state index < -0.39 is 0 Å². The number of rotatable bonds is 6. The molecule has 0 aliphatic carbocycles. The van der Waals surface area contributed by atoms with Crippen molar-refractivity contribution in [1.29, 1.82) is 0 Å². The number of nitrogens with one attached hydrogen (secondary N) is 2. The maximum Gasteiger partial charge on any atom is 0.242 e. The summed E-state index contributed by atoms with van der Waals surface area (Å²) >= 11 is 0.